The molecular formula is C24H25ClN4O4. The van der Waals surface area contributed by atoms with Gasteiger partial charge in [-0.1, -0.05) is 43.5 Å². The molecule has 3 heterocycles. The number of urea groups is 1. The molecule has 172 valence electrons. The van der Waals surface area contributed by atoms with Gasteiger partial charge in [0, 0.05) is 11.4 Å². The van der Waals surface area contributed by atoms with E-state index >= 15 is 0 Å². The molecule has 2 fully saturated rings. The maximum Gasteiger partial charge on any atom is 0.325 e. The van der Waals surface area contributed by atoms with Crippen LogP contribution in [0.5, 0.6) is 0 Å². The van der Waals surface area contributed by atoms with Crippen molar-refractivity contribution in [2.45, 2.75) is 50.6 Å². The second-order valence-electron chi connectivity index (χ2n) is 8.97. The van der Waals surface area contributed by atoms with E-state index in [1.54, 1.807) is 30.5 Å². The van der Waals surface area contributed by atoms with Crippen molar-refractivity contribution in [3.8, 4) is 0 Å². The van der Waals surface area contributed by atoms with Crippen LogP contribution in [0.3, 0.4) is 0 Å². The molecule has 2 aliphatic heterocycles. The smallest absolute Gasteiger partial charge is 0.325 e. The first kappa shape index (κ1) is 21.7. The van der Waals surface area contributed by atoms with E-state index < -0.39 is 23.5 Å². The Bertz CT molecular complexity index is 1110. The number of amides is 4. The number of hydrogen-bond acceptors (Lipinski definition) is 5. The molecule has 1 spiro atoms. The van der Waals surface area contributed by atoms with E-state index in [-0.39, 0.29) is 18.4 Å². The van der Waals surface area contributed by atoms with Crippen LogP contribution in [0.1, 0.15) is 56.4 Å². The molecule has 1 aromatic carbocycles. The minimum atomic E-state index is -0.904. The number of hydrazone groups is 1. The number of imide groups is 1. The zero-order valence-corrected chi connectivity index (χ0v) is 19.0. The van der Waals surface area contributed by atoms with Crippen molar-refractivity contribution < 1.29 is 18.8 Å². The van der Waals surface area contributed by atoms with Crippen LogP contribution in [0.2, 0.25) is 5.02 Å². The van der Waals surface area contributed by atoms with E-state index in [4.69, 9.17) is 16.0 Å². The highest BCUT2D eigenvalue weighted by Crippen LogP contribution is 2.39. The first-order valence-corrected chi connectivity index (χ1v) is 11.6. The molecule has 0 bridgehead atoms. The van der Waals surface area contributed by atoms with Crippen molar-refractivity contribution in [3.63, 3.8) is 0 Å². The summed E-state index contributed by atoms with van der Waals surface area (Å²) in [5, 5.41) is 9.40. The van der Waals surface area contributed by atoms with Crippen LogP contribution < -0.4 is 5.32 Å². The average molecular weight is 469 g/mol. The molecule has 2 aromatic rings. The van der Waals surface area contributed by atoms with Crippen molar-refractivity contribution >= 4 is 35.2 Å². The zero-order chi connectivity index (χ0) is 23.2. The van der Waals surface area contributed by atoms with E-state index in [9.17, 15) is 14.4 Å². The fourth-order valence-corrected chi connectivity index (χ4v) is 5.23. The van der Waals surface area contributed by atoms with Crippen molar-refractivity contribution in [1.82, 2.24) is 15.2 Å². The topological polar surface area (TPSA) is 95.2 Å². The second kappa shape index (κ2) is 8.33. The number of nitrogens with zero attached hydrogens (tertiary/aromatic N) is 3. The molecule has 1 aliphatic carbocycles. The van der Waals surface area contributed by atoms with Gasteiger partial charge in [-0.2, -0.15) is 5.10 Å². The summed E-state index contributed by atoms with van der Waals surface area (Å²) in [4.78, 5) is 40.4. The van der Waals surface area contributed by atoms with Gasteiger partial charge in [-0.25, -0.2) is 9.80 Å². The maximum absolute atomic E-state index is 13.4. The number of halogens is 1. The van der Waals surface area contributed by atoms with Crippen molar-refractivity contribution in [2.24, 2.45) is 11.0 Å². The molecule has 5 rings (SSSR count). The van der Waals surface area contributed by atoms with Gasteiger partial charge in [-0.05, 0) is 48.6 Å². The Hall–Kier alpha value is -3.13. The Labute approximate surface area is 196 Å². The van der Waals surface area contributed by atoms with E-state index in [0.717, 1.165) is 29.7 Å². The molecule has 1 saturated carbocycles. The van der Waals surface area contributed by atoms with Crippen molar-refractivity contribution in [1.29, 1.82) is 0 Å². The Balaban J connectivity index is 1.40. The number of benzene rings is 1. The summed E-state index contributed by atoms with van der Waals surface area (Å²) >= 11 is 6.01. The largest absolute Gasteiger partial charge is 0.467 e. The summed E-state index contributed by atoms with van der Waals surface area (Å²) in [5.74, 6) is -0.140. The lowest BCUT2D eigenvalue weighted by Gasteiger charge is -2.36. The van der Waals surface area contributed by atoms with Crippen LogP contribution in [-0.2, 0) is 9.59 Å². The third-order valence-electron chi connectivity index (χ3n) is 7.01. The molecule has 1 saturated heterocycles. The van der Waals surface area contributed by atoms with Gasteiger partial charge in [0.15, 0.2) is 0 Å². The Kier molecular flexibility index (Phi) is 5.48. The number of nitrogens with one attached hydrogen (secondary N) is 1. The highest BCUT2D eigenvalue weighted by molar-refractivity contribution is 6.30. The lowest BCUT2D eigenvalue weighted by molar-refractivity contribution is -0.141. The van der Waals surface area contributed by atoms with E-state index in [1.165, 1.54) is 5.01 Å². The highest BCUT2D eigenvalue weighted by atomic mass is 35.5. The van der Waals surface area contributed by atoms with Gasteiger partial charge in [0.1, 0.15) is 23.9 Å². The summed E-state index contributed by atoms with van der Waals surface area (Å²) in [5.41, 5.74) is 0.644. The van der Waals surface area contributed by atoms with Crippen molar-refractivity contribution in [3.05, 3.63) is 59.0 Å². The lowest BCUT2D eigenvalue weighted by atomic mass is 9.73. The monoisotopic (exact) mass is 468 g/mol. The minimum absolute atomic E-state index is 0.0278. The number of carbonyl (C=O) groups excluding carboxylic acids is 3. The minimum Gasteiger partial charge on any atom is -0.467 e. The molecule has 0 radical (unpaired) electrons. The van der Waals surface area contributed by atoms with Crippen LogP contribution in [0.15, 0.2) is 52.2 Å². The lowest BCUT2D eigenvalue weighted by Crippen LogP contribution is -2.54. The predicted molar refractivity (Wildman–Crippen MR) is 122 cm³/mol. The molecular weight excluding hydrogens is 444 g/mol. The highest BCUT2D eigenvalue weighted by Gasteiger charge is 2.55. The molecule has 3 aliphatic rings. The first-order chi connectivity index (χ1) is 15.9. The predicted octanol–water partition coefficient (Wildman–Crippen LogP) is 4.11. The SMILES string of the molecule is CC1CCCCC12NC(=O)N(CC(=O)N1N=C(c3ccc(Cl)cc3)CC1c1ccco1)C2=O. The van der Waals surface area contributed by atoms with Crippen LogP contribution in [-0.4, -0.2) is 45.5 Å². The van der Waals surface area contributed by atoms with Gasteiger partial charge < -0.3 is 9.73 Å². The van der Waals surface area contributed by atoms with E-state index in [1.807, 2.05) is 19.1 Å². The second-order valence-corrected chi connectivity index (χ2v) is 9.40. The zero-order valence-electron chi connectivity index (χ0n) is 18.3. The van der Waals surface area contributed by atoms with Gasteiger partial charge in [0.2, 0.25) is 0 Å². The summed E-state index contributed by atoms with van der Waals surface area (Å²) in [7, 11) is 0. The fraction of sp³-hybridized carbons (Fsp3) is 0.417. The third kappa shape index (κ3) is 3.72. The quantitative estimate of drug-likeness (QED) is 0.683. The molecule has 3 atom stereocenters. The van der Waals surface area contributed by atoms with Crippen LogP contribution in [0.4, 0.5) is 4.79 Å². The summed E-state index contributed by atoms with van der Waals surface area (Å²) in [6.07, 6.45) is 5.37. The van der Waals surface area contributed by atoms with Gasteiger partial charge in [0.05, 0.1) is 12.0 Å². The molecule has 8 nitrogen and oxygen atoms in total. The third-order valence-corrected chi connectivity index (χ3v) is 7.26. The van der Waals surface area contributed by atoms with Gasteiger partial charge in [-0.15, -0.1) is 0 Å². The standard InChI is InChI=1S/C24H25ClN4O4/c1-15-5-2-3-11-24(15)22(31)28(23(32)26-24)14-21(30)29-19(20-6-4-12-33-20)13-18(27-29)16-7-9-17(25)10-8-16/h4,6-10,12,15,19H,2-3,5,11,13-14H2,1H3,(H,26,32). The maximum atomic E-state index is 13.4. The first-order valence-electron chi connectivity index (χ1n) is 11.2. The summed E-state index contributed by atoms with van der Waals surface area (Å²) < 4.78 is 5.57. The Morgan fingerprint density at radius 2 is 2.03 bits per heavy atom. The van der Waals surface area contributed by atoms with Gasteiger partial charge in [-0.3, -0.25) is 14.5 Å². The fourth-order valence-electron chi connectivity index (χ4n) is 5.11. The molecule has 33 heavy (non-hydrogen) atoms. The Morgan fingerprint density at radius 1 is 1.24 bits per heavy atom. The Morgan fingerprint density at radius 3 is 2.73 bits per heavy atom. The molecule has 9 heteroatoms. The average Bonchev–Trinajstić information content (AvgIpc) is 3.53. The van der Waals surface area contributed by atoms with Crippen LogP contribution >= 0.6 is 11.6 Å². The van der Waals surface area contributed by atoms with Gasteiger partial charge in [0.25, 0.3) is 11.8 Å². The number of carbonyl (C=O) groups is 3. The summed E-state index contributed by atoms with van der Waals surface area (Å²) in [6, 6.07) is 9.80. The molecule has 4 amide bonds. The molecule has 1 aromatic heterocycles. The summed E-state index contributed by atoms with van der Waals surface area (Å²) in [6.45, 7) is 1.62. The number of hydrogen-bond donors (Lipinski definition) is 1. The van der Waals surface area contributed by atoms with Crippen molar-refractivity contribution in [2.75, 3.05) is 6.54 Å². The van der Waals surface area contributed by atoms with Crippen LogP contribution in [0.25, 0.3) is 0 Å². The normalized spacial score (nSPS) is 27.3. The molecule has 1 N–H and O–H groups in total. The van der Waals surface area contributed by atoms with E-state index in [0.29, 0.717) is 29.3 Å². The number of furan rings is 1. The van der Waals surface area contributed by atoms with E-state index in [2.05, 4.69) is 10.4 Å². The number of rotatable bonds is 4. The van der Waals surface area contributed by atoms with Gasteiger partial charge >= 0.3 is 6.03 Å². The molecule has 3 unspecified atom stereocenters. The van der Waals surface area contributed by atoms with Crippen LogP contribution in [0, 0.1) is 5.92 Å².